The van der Waals surface area contributed by atoms with Crippen molar-refractivity contribution in [3.63, 3.8) is 0 Å². The molecule has 0 aliphatic heterocycles. The maximum Gasteiger partial charge on any atom is 0.242 e. The van der Waals surface area contributed by atoms with E-state index in [1.807, 2.05) is 0 Å². The molecule has 1 aliphatic rings. The Kier molecular flexibility index (Phi) is 4.79. The number of nitriles is 1. The fourth-order valence-corrected chi connectivity index (χ4v) is 2.79. The first-order valence-electron chi connectivity index (χ1n) is 7.25. The second-order valence-electron chi connectivity index (χ2n) is 5.52. The molecule has 1 amide bonds. The van der Waals surface area contributed by atoms with Crippen LogP contribution in [0.4, 0.5) is 10.1 Å². The number of carbonyl (C=O) groups is 1. The highest BCUT2D eigenvalue weighted by atomic mass is 19.1. The Balaban J connectivity index is 1.97. The third kappa shape index (κ3) is 3.52. The summed E-state index contributed by atoms with van der Waals surface area (Å²) < 4.78 is 13.1. The molecule has 0 heterocycles. The smallest absolute Gasteiger partial charge is 0.242 e. The van der Waals surface area contributed by atoms with Crippen LogP contribution in [0, 0.1) is 17.1 Å². The molecule has 2 rings (SSSR count). The molecule has 5 heteroatoms. The van der Waals surface area contributed by atoms with Gasteiger partial charge in [-0.3, -0.25) is 4.79 Å². The first-order chi connectivity index (χ1) is 10.1. The normalized spacial score (nSPS) is 16.8. The molecule has 1 aliphatic carbocycles. The monoisotopic (exact) mass is 289 g/mol. The molecule has 21 heavy (non-hydrogen) atoms. The number of rotatable bonds is 4. The Morgan fingerprint density at radius 3 is 2.76 bits per heavy atom. The Bertz CT molecular complexity index is 547. The number of halogens is 1. The van der Waals surface area contributed by atoms with Crippen LogP contribution in [0.3, 0.4) is 0 Å². The molecule has 0 unspecified atom stereocenters. The van der Waals surface area contributed by atoms with E-state index in [9.17, 15) is 14.4 Å². The summed E-state index contributed by atoms with van der Waals surface area (Å²) >= 11 is 0. The van der Waals surface area contributed by atoms with Gasteiger partial charge in [0.1, 0.15) is 11.4 Å². The van der Waals surface area contributed by atoms with E-state index >= 15 is 0 Å². The molecular formula is C16H20FN3O. The Labute approximate surface area is 124 Å². The van der Waals surface area contributed by atoms with Crippen molar-refractivity contribution in [2.45, 2.75) is 37.6 Å². The summed E-state index contributed by atoms with van der Waals surface area (Å²) in [6.07, 6.45) is 4.52. The van der Waals surface area contributed by atoms with Gasteiger partial charge >= 0.3 is 0 Å². The highest BCUT2D eigenvalue weighted by molar-refractivity contribution is 5.81. The first-order valence-corrected chi connectivity index (χ1v) is 7.25. The van der Waals surface area contributed by atoms with Crippen molar-refractivity contribution in [2.75, 3.05) is 18.9 Å². The molecule has 0 aromatic heterocycles. The first kappa shape index (κ1) is 15.3. The lowest BCUT2D eigenvalue weighted by atomic mass is 9.81. The van der Waals surface area contributed by atoms with Gasteiger partial charge in [0, 0.05) is 12.7 Å². The zero-order chi connectivity index (χ0) is 15.3. The second-order valence-corrected chi connectivity index (χ2v) is 5.52. The Morgan fingerprint density at radius 1 is 1.43 bits per heavy atom. The van der Waals surface area contributed by atoms with Crippen LogP contribution in [0.25, 0.3) is 0 Å². The van der Waals surface area contributed by atoms with Crippen molar-refractivity contribution in [1.29, 1.82) is 5.26 Å². The lowest BCUT2D eigenvalue weighted by Gasteiger charge is -2.39. The summed E-state index contributed by atoms with van der Waals surface area (Å²) in [7, 11) is 1.68. The second kappa shape index (κ2) is 6.57. The lowest BCUT2D eigenvalue weighted by molar-refractivity contribution is -0.132. The summed E-state index contributed by atoms with van der Waals surface area (Å²) in [6.45, 7) is 0.0589. The molecule has 0 spiro atoms. The molecule has 1 saturated carbocycles. The fourth-order valence-electron chi connectivity index (χ4n) is 2.79. The fraction of sp³-hybridized carbons (Fsp3) is 0.500. The topological polar surface area (TPSA) is 56.1 Å². The van der Waals surface area contributed by atoms with Gasteiger partial charge in [0.2, 0.25) is 5.91 Å². The molecule has 112 valence electrons. The number of nitrogens with zero attached hydrogens (tertiary/aromatic N) is 2. The van der Waals surface area contributed by atoms with Gasteiger partial charge in [0.25, 0.3) is 0 Å². The van der Waals surface area contributed by atoms with Gasteiger partial charge < -0.3 is 10.2 Å². The number of amides is 1. The van der Waals surface area contributed by atoms with Crippen LogP contribution < -0.4 is 5.32 Å². The summed E-state index contributed by atoms with van der Waals surface area (Å²) in [5, 5.41) is 12.4. The number of hydrogen-bond donors (Lipinski definition) is 1. The predicted octanol–water partition coefficient (Wildman–Crippen LogP) is 2.92. The molecule has 1 N–H and O–H groups in total. The predicted molar refractivity (Wildman–Crippen MR) is 79.1 cm³/mol. The van der Waals surface area contributed by atoms with Crippen LogP contribution in [-0.2, 0) is 4.79 Å². The Hall–Kier alpha value is -2.09. The van der Waals surface area contributed by atoms with Gasteiger partial charge in [-0.2, -0.15) is 5.26 Å². The SMILES string of the molecule is CN(C(=O)CNc1cccc(F)c1)C1(C#N)CCCCC1. The van der Waals surface area contributed by atoms with E-state index in [4.69, 9.17) is 0 Å². The number of benzene rings is 1. The number of hydrogen-bond acceptors (Lipinski definition) is 3. The van der Waals surface area contributed by atoms with Gasteiger partial charge in [-0.1, -0.05) is 25.3 Å². The highest BCUT2D eigenvalue weighted by Gasteiger charge is 2.38. The number of anilines is 1. The minimum atomic E-state index is -0.682. The Morgan fingerprint density at radius 2 is 2.14 bits per heavy atom. The zero-order valence-electron chi connectivity index (χ0n) is 12.2. The van der Waals surface area contributed by atoms with Gasteiger partial charge in [0.15, 0.2) is 0 Å². The van der Waals surface area contributed by atoms with Crippen molar-refractivity contribution in [3.05, 3.63) is 30.1 Å². The van der Waals surface area contributed by atoms with Crippen LogP contribution in [0.5, 0.6) is 0 Å². The minimum Gasteiger partial charge on any atom is -0.376 e. The molecule has 0 radical (unpaired) electrons. The minimum absolute atomic E-state index is 0.0589. The van der Waals surface area contributed by atoms with E-state index in [1.54, 1.807) is 24.1 Å². The largest absolute Gasteiger partial charge is 0.376 e. The van der Waals surface area contributed by atoms with Crippen LogP contribution in [0.15, 0.2) is 24.3 Å². The maximum atomic E-state index is 13.1. The number of likely N-dealkylation sites (N-methyl/N-ethyl adjacent to an activating group) is 1. The average molecular weight is 289 g/mol. The van der Waals surface area contributed by atoms with Crippen LogP contribution in [0.2, 0.25) is 0 Å². The zero-order valence-corrected chi connectivity index (χ0v) is 12.2. The van der Waals surface area contributed by atoms with Crippen LogP contribution in [0.1, 0.15) is 32.1 Å². The van der Waals surface area contributed by atoms with Crippen LogP contribution in [-0.4, -0.2) is 29.9 Å². The number of nitrogens with one attached hydrogen (secondary N) is 1. The van der Waals surface area contributed by atoms with Gasteiger partial charge in [-0.15, -0.1) is 0 Å². The van der Waals surface area contributed by atoms with E-state index < -0.39 is 5.54 Å². The van der Waals surface area contributed by atoms with Crippen LogP contribution >= 0.6 is 0 Å². The quantitative estimate of drug-likeness (QED) is 0.927. The van der Waals surface area contributed by atoms with Crippen molar-refractivity contribution < 1.29 is 9.18 Å². The molecule has 4 nitrogen and oxygen atoms in total. The van der Waals surface area contributed by atoms with E-state index in [0.29, 0.717) is 5.69 Å². The molecule has 1 fully saturated rings. The molecule has 0 saturated heterocycles. The van der Waals surface area contributed by atoms with Crippen molar-refractivity contribution in [1.82, 2.24) is 4.90 Å². The molecule has 0 atom stereocenters. The van der Waals surface area contributed by atoms with E-state index in [2.05, 4.69) is 11.4 Å². The van der Waals surface area contributed by atoms with E-state index in [1.165, 1.54) is 12.1 Å². The summed E-state index contributed by atoms with van der Waals surface area (Å²) in [6, 6.07) is 8.31. The van der Waals surface area contributed by atoms with Crippen molar-refractivity contribution >= 4 is 11.6 Å². The van der Waals surface area contributed by atoms with Gasteiger partial charge in [-0.05, 0) is 31.0 Å². The third-order valence-electron chi connectivity index (χ3n) is 4.17. The summed E-state index contributed by atoms with van der Waals surface area (Å²) in [5.41, 5.74) is -0.120. The van der Waals surface area contributed by atoms with Crippen molar-refractivity contribution in [3.8, 4) is 6.07 Å². The summed E-state index contributed by atoms with van der Waals surface area (Å²) in [4.78, 5) is 13.8. The highest BCUT2D eigenvalue weighted by Crippen LogP contribution is 2.32. The maximum absolute atomic E-state index is 13.1. The standard InChI is InChI=1S/C16H20FN3O/c1-20(16(12-18)8-3-2-4-9-16)15(21)11-19-14-7-5-6-13(17)10-14/h5-7,10,19H,2-4,8-9,11H2,1H3. The molecule has 0 bridgehead atoms. The van der Waals surface area contributed by atoms with E-state index in [0.717, 1.165) is 32.1 Å². The lowest BCUT2D eigenvalue weighted by Crippen LogP contribution is -2.51. The molecule has 1 aromatic carbocycles. The third-order valence-corrected chi connectivity index (χ3v) is 4.17. The van der Waals surface area contributed by atoms with E-state index in [-0.39, 0.29) is 18.3 Å². The number of carbonyl (C=O) groups excluding carboxylic acids is 1. The van der Waals surface area contributed by atoms with Crippen molar-refractivity contribution in [2.24, 2.45) is 0 Å². The van der Waals surface area contributed by atoms with Gasteiger partial charge in [-0.25, -0.2) is 4.39 Å². The van der Waals surface area contributed by atoms with Gasteiger partial charge in [0.05, 0.1) is 12.6 Å². The summed E-state index contributed by atoms with van der Waals surface area (Å²) in [5.74, 6) is -0.496. The molecule has 1 aromatic rings. The molecular weight excluding hydrogens is 269 g/mol. The average Bonchev–Trinajstić information content (AvgIpc) is 2.52.